The molecule has 0 saturated carbocycles. The van der Waals surface area contributed by atoms with E-state index in [4.69, 9.17) is 9.84 Å². The van der Waals surface area contributed by atoms with Gasteiger partial charge in [-0.25, -0.2) is 0 Å². The average Bonchev–Trinajstić information content (AvgIpc) is 2.61. The van der Waals surface area contributed by atoms with Gasteiger partial charge in [-0.1, -0.05) is 0 Å². The van der Waals surface area contributed by atoms with Crippen LogP contribution in [-0.2, 0) is 14.3 Å². The number of carboxylic acid groups (broad SMARTS) is 1. The molecule has 0 aromatic heterocycles. The van der Waals surface area contributed by atoms with Crippen LogP contribution in [0.15, 0.2) is 0 Å². The molecule has 1 saturated heterocycles. The van der Waals surface area contributed by atoms with Crippen LogP contribution in [0.4, 0.5) is 0 Å². The van der Waals surface area contributed by atoms with E-state index in [1.165, 1.54) is 0 Å². The third-order valence-corrected chi connectivity index (χ3v) is 2.64. The zero-order chi connectivity index (χ0) is 12.1. The third kappa shape index (κ3) is 4.18. The maximum atomic E-state index is 11.6. The number of aliphatic carboxylic acids is 1. The normalized spacial score (nSPS) is 20.4. The van der Waals surface area contributed by atoms with Gasteiger partial charge in [0.25, 0.3) is 0 Å². The van der Waals surface area contributed by atoms with Crippen molar-refractivity contribution in [3.8, 4) is 0 Å². The van der Waals surface area contributed by atoms with Gasteiger partial charge in [0.05, 0.1) is 6.10 Å². The lowest BCUT2D eigenvalue weighted by Gasteiger charge is -2.17. The largest absolute Gasteiger partial charge is 0.481 e. The first-order valence-corrected chi connectivity index (χ1v) is 5.60. The Kier molecular flexibility index (Phi) is 4.73. The van der Waals surface area contributed by atoms with E-state index in [2.05, 4.69) is 0 Å². The fraction of sp³-hybridized carbons (Fsp3) is 0.818. The molecule has 0 aromatic carbocycles. The van der Waals surface area contributed by atoms with E-state index in [1.54, 1.807) is 4.90 Å². The summed E-state index contributed by atoms with van der Waals surface area (Å²) in [6.07, 6.45) is 0.968. The molecule has 1 N–H and O–H groups in total. The van der Waals surface area contributed by atoms with Gasteiger partial charge in [-0.2, -0.15) is 0 Å². The number of hydrogen-bond donors (Lipinski definition) is 1. The monoisotopic (exact) mass is 229 g/mol. The number of nitrogens with zero attached hydrogens (tertiary/aromatic N) is 1. The van der Waals surface area contributed by atoms with Crippen molar-refractivity contribution in [3.05, 3.63) is 0 Å². The summed E-state index contributed by atoms with van der Waals surface area (Å²) in [4.78, 5) is 23.8. The molecule has 1 fully saturated rings. The van der Waals surface area contributed by atoms with E-state index in [-0.39, 0.29) is 31.0 Å². The topological polar surface area (TPSA) is 66.8 Å². The Morgan fingerprint density at radius 3 is 2.75 bits per heavy atom. The molecule has 5 heteroatoms. The third-order valence-electron chi connectivity index (χ3n) is 2.64. The first-order chi connectivity index (χ1) is 7.49. The molecule has 0 aliphatic carbocycles. The predicted molar refractivity (Wildman–Crippen MR) is 58.0 cm³/mol. The predicted octanol–water partition coefficient (Wildman–Crippen LogP) is 0.735. The van der Waals surface area contributed by atoms with Gasteiger partial charge in [0.1, 0.15) is 6.61 Å². The quantitative estimate of drug-likeness (QED) is 0.755. The molecule has 0 spiro atoms. The molecule has 0 bridgehead atoms. The summed E-state index contributed by atoms with van der Waals surface area (Å²) in [6, 6.07) is 0. The maximum Gasteiger partial charge on any atom is 0.303 e. The van der Waals surface area contributed by atoms with Crippen LogP contribution in [0.1, 0.15) is 26.7 Å². The van der Waals surface area contributed by atoms with Crippen molar-refractivity contribution in [1.29, 1.82) is 0 Å². The lowest BCUT2D eigenvalue weighted by Crippen LogP contribution is -2.33. The second-order valence-electron chi connectivity index (χ2n) is 4.45. The van der Waals surface area contributed by atoms with E-state index in [0.717, 1.165) is 6.42 Å². The Hall–Kier alpha value is -1.10. The van der Waals surface area contributed by atoms with Crippen LogP contribution in [0.3, 0.4) is 0 Å². The molecule has 16 heavy (non-hydrogen) atoms. The van der Waals surface area contributed by atoms with Crippen LogP contribution >= 0.6 is 0 Å². The Labute approximate surface area is 95.4 Å². The van der Waals surface area contributed by atoms with Crippen LogP contribution in [0.2, 0.25) is 0 Å². The van der Waals surface area contributed by atoms with Crippen LogP contribution in [-0.4, -0.2) is 47.7 Å². The minimum absolute atomic E-state index is 0.0402. The molecule has 1 aliphatic heterocycles. The standard InChI is InChI=1S/C11H19NO4/c1-8(2)16-7-10(13)12-4-3-9(6-12)5-11(14)15/h8-9H,3-7H2,1-2H3,(H,14,15). The highest BCUT2D eigenvalue weighted by atomic mass is 16.5. The Morgan fingerprint density at radius 1 is 1.50 bits per heavy atom. The zero-order valence-electron chi connectivity index (χ0n) is 9.81. The van der Waals surface area contributed by atoms with Gasteiger partial charge in [-0.05, 0) is 26.2 Å². The molecule has 1 unspecified atom stereocenters. The second kappa shape index (κ2) is 5.84. The summed E-state index contributed by atoms with van der Waals surface area (Å²) >= 11 is 0. The number of hydrogen-bond acceptors (Lipinski definition) is 3. The molecule has 1 heterocycles. The maximum absolute atomic E-state index is 11.6. The van der Waals surface area contributed by atoms with Crippen LogP contribution in [0, 0.1) is 5.92 Å². The van der Waals surface area contributed by atoms with Gasteiger partial charge in [0.2, 0.25) is 5.91 Å². The van der Waals surface area contributed by atoms with Crippen molar-refractivity contribution in [3.63, 3.8) is 0 Å². The summed E-state index contributed by atoms with van der Waals surface area (Å²) in [5, 5.41) is 8.65. The lowest BCUT2D eigenvalue weighted by atomic mass is 10.1. The van der Waals surface area contributed by atoms with Gasteiger partial charge >= 0.3 is 5.97 Å². The first kappa shape index (κ1) is 13.0. The number of rotatable bonds is 5. The Balaban J connectivity index is 2.29. The van der Waals surface area contributed by atoms with E-state index >= 15 is 0 Å². The van der Waals surface area contributed by atoms with Gasteiger partial charge in [-0.15, -0.1) is 0 Å². The molecule has 0 radical (unpaired) electrons. The number of amides is 1. The molecule has 5 nitrogen and oxygen atoms in total. The fourth-order valence-electron chi connectivity index (χ4n) is 1.80. The van der Waals surface area contributed by atoms with E-state index in [9.17, 15) is 9.59 Å². The van der Waals surface area contributed by atoms with Gasteiger partial charge in [0, 0.05) is 19.5 Å². The molecule has 92 valence electrons. The van der Waals surface area contributed by atoms with E-state index in [1.807, 2.05) is 13.8 Å². The highest BCUT2D eigenvalue weighted by Crippen LogP contribution is 2.19. The molecule has 1 amide bonds. The van der Waals surface area contributed by atoms with Crippen LogP contribution in [0.5, 0.6) is 0 Å². The minimum atomic E-state index is -0.794. The van der Waals surface area contributed by atoms with Gasteiger partial charge in [-0.3, -0.25) is 9.59 Å². The second-order valence-corrected chi connectivity index (χ2v) is 4.45. The van der Waals surface area contributed by atoms with E-state index in [0.29, 0.717) is 13.1 Å². The average molecular weight is 229 g/mol. The molecule has 0 aromatic rings. The summed E-state index contributed by atoms with van der Waals surface area (Å²) in [7, 11) is 0. The number of ether oxygens (including phenoxy) is 1. The van der Waals surface area contributed by atoms with Gasteiger partial charge in [0.15, 0.2) is 0 Å². The Bertz CT molecular complexity index is 265. The lowest BCUT2D eigenvalue weighted by molar-refractivity contribution is -0.139. The van der Waals surface area contributed by atoms with Crippen molar-refractivity contribution in [2.24, 2.45) is 5.92 Å². The summed E-state index contributed by atoms with van der Waals surface area (Å²) in [5.41, 5.74) is 0. The van der Waals surface area contributed by atoms with E-state index < -0.39 is 5.97 Å². The van der Waals surface area contributed by atoms with Crippen molar-refractivity contribution in [2.75, 3.05) is 19.7 Å². The summed E-state index contributed by atoms with van der Waals surface area (Å²) < 4.78 is 5.22. The van der Waals surface area contributed by atoms with Crippen molar-refractivity contribution in [1.82, 2.24) is 4.90 Å². The smallest absolute Gasteiger partial charge is 0.303 e. The summed E-state index contributed by atoms with van der Waals surface area (Å²) in [6.45, 7) is 5.05. The van der Waals surface area contributed by atoms with Crippen molar-refractivity contribution >= 4 is 11.9 Å². The number of carboxylic acids is 1. The molecule has 1 aliphatic rings. The van der Waals surface area contributed by atoms with Crippen LogP contribution < -0.4 is 0 Å². The number of carbonyl (C=O) groups excluding carboxylic acids is 1. The highest BCUT2D eigenvalue weighted by Gasteiger charge is 2.27. The Morgan fingerprint density at radius 2 is 2.19 bits per heavy atom. The van der Waals surface area contributed by atoms with Crippen molar-refractivity contribution < 1.29 is 19.4 Å². The first-order valence-electron chi connectivity index (χ1n) is 5.60. The van der Waals surface area contributed by atoms with Gasteiger partial charge < -0.3 is 14.7 Å². The minimum Gasteiger partial charge on any atom is -0.481 e. The molecule has 1 rings (SSSR count). The SMILES string of the molecule is CC(C)OCC(=O)N1CCC(CC(=O)O)C1. The number of likely N-dealkylation sites (tertiary alicyclic amines) is 1. The summed E-state index contributed by atoms with van der Waals surface area (Å²) in [5.74, 6) is -0.736. The zero-order valence-corrected chi connectivity index (χ0v) is 9.81. The molecule has 1 atom stereocenters. The fourth-order valence-corrected chi connectivity index (χ4v) is 1.80. The number of carbonyl (C=O) groups is 2. The molecular weight excluding hydrogens is 210 g/mol. The van der Waals surface area contributed by atoms with Crippen LogP contribution in [0.25, 0.3) is 0 Å². The van der Waals surface area contributed by atoms with Crippen molar-refractivity contribution in [2.45, 2.75) is 32.8 Å². The molecular formula is C11H19NO4. The highest BCUT2D eigenvalue weighted by molar-refractivity contribution is 5.78.